The summed E-state index contributed by atoms with van der Waals surface area (Å²) in [4.78, 5) is 0. The molecule has 0 bridgehead atoms. The van der Waals surface area contributed by atoms with Crippen molar-refractivity contribution >= 4 is 34.7 Å². The normalized spacial score (nSPS) is 15.3. The van der Waals surface area contributed by atoms with Crippen LogP contribution in [0.2, 0.25) is 0 Å². The second kappa shape index (κ2) is 5.43. The SMILES string of the molecule is CC(C)C.S=C1CNC(=S)O1. The highest BCUT2D eigenvalue weighted by Gasteiger charge is 2.09. The van der Waals surface area contributed by atoms with Crippen LogP contribution >= 0.6 is 24.4 Å². The molecule has 2 nitrogen and oxygen atoms in total. The van der Waals surface area contributed by atoms with Gasteiger partial charge >= 0.3 is 0 Å². The standard InChI is InChI=1S/C4H10.C3H3NOS2/c1-4(2)3;6-2-1-4-3(7)5-2/h4H,1-3H3;1H2,(H,4,7). The molecule has 1 fully saturated rings. The van der Waals surface area contributed by atoms with Crippen LogP contribution in [-0.2, 0) is 4.74 Å². The maximum atomic E-state index is 4.71. The molecule has 1 aliphatic rings. The molecule has 0 amide bonds. The highest BCUT2D eigenvalue weighted by atomic mass is 32.1. The van der Waals surface area contributed by atoms with E-state index in [1.807, 2.05) is 0 Å². The summed E-state index contributed by atoms with van der Waals surface area (Å²) < 4.78 is 4.71. The minimum absolute atomic E-state index is 0.394. The van der Waals surface area contributed by atoms with E-state index in [-0.39, 0.29) is 0 Å². The van der Waals surface area contributed by atoms with Gasteiger partial charge in [-0.05, 0) is 30.4 Å². The van der Waals surface area contributed by atoms with Crippen molar-refractivity contribution in [1.82, 2.24) is 5.32 Å². The van der Waals surface area contributed by atoms with E-state index >= 15 is 0 Å². The van der Waals surface area contributed by atoms with Gasteiger partial charge in [-0.1, -0.05) is 20.8 Å². The maximum Gasteiger partial charge on any atom is 0.263 e. The van der Waals surface area contributed by atoms with Gasteiger partial charge in [0.15, 0.2) is 5.05 Å². The summed E-state index contributed by atoms with van der Waals surface area (Å²) in [7, 11) is 0. The zero-order chi connectivity index (χ0) is 8.85. The first-order valence-corrected chi connectivity index (χ1v) is 4.32. The molecule has 0 radical (unpaired) electrons. The molecule has 0 unspecified atom stereocenters. The van der Waals surface area contributed by atoms with Gasteiger partial charge in [-0.3, -0.25) is 0 Å². The molecule has 1 saturated heterocycles. The summed E-state index contributed by atoms with van der Waals surface area (Å²) in [6.07, 6.45) is 0. The second-order valence-electron chi connectivity index (χ2n) is 2.85. The Morgan fingerprint density at radius 2 is 1.82 bits per heavy atom. The van der Waals surface area contributed by atoms with Gasteiger partial charge in [0.2, 0.25) is 0 Å². The predicted octanol–water partition coefficient (Wildman–Crippen LogP) is 1.88. The van der Waals surface area contributed by atoms with E-state index in [1.165, 1.54) is 0 Å². The smallest absolute Gasteiger partial charge is 0.263 e. The molecule has 0 aromatic carbocycles. The molecule has 0 aromatic heterocycles. The van der Waals surface area contributed by atoms with Crippen molar-refractivity contribution in [2.45, 2.75) is 20.8 Å². The lowest BCUT2D eigenvalue weighted by Gasteiger charge is -1.84. The van der Waals surface area contributed by atoms with Gasteiger partial charge in [-0.15, -0.1) is 0 Å². The molecule has 0 atom stereocenters. The summed E-state index contributed by atoms with van der Waals surface area (Å²) in [5.41, 5.74) is 0. The van der Waals surface area contributed by atoms with E-state index in [0.717, 1.165) is 5.92 Å². The third kappa shape index (κ3) is 7.68. The van der Waals surface area contributed by atoms with E-state index in [1.54, 1.807) is 0 Å². The minimum atomic E-state index is 0.394. The number of thiocarbonyl (C=S) groups is 2. The van der Waals surface area contributed by atoms with E-state index in [0.29, 0.717) is 16.8 Å². The van der Waals surface area contributed by atoms with Crippen molar-refractivity contribution < 1.29 is 4.74 Å². The van der Waals surface area contributed by atoms with Crippen LogP contribution in [0, 0.1) is 5.92 Å². The van der Waals surface area contributed by atoms with E-state index in [2.05, 4.69) is 50.5 Å². The first-order valence-electron chi connectivity index (χ1n) is 3.51. The number of ether oxygens (including phenoxy) is 1. The fourth-order valence-corrected chi connectivity index (χ4v) is 0.701. The Balaban J connectivity index is 0.000000218. The van der Waals surface area contributed by atoms with Crippen molar-refractivity contribution in [2.24, 2.45) is 5.92 Å². The van der Waals surface area contributed by atoms with Crippen LogP contribution in [0.15, 0.2) is 0 Å². The van der Waals surface area contributed by atoms with Crippen molar-refractivity contribution in [3.63, 3.8) is 0 Å². The lowest BCUT2D eigenvalue weighted by atomic mass is 10.3. The van der Waals surface area contributed by atoms with Crippen LogP contribution in [0.25, 0.3) is 0 Å². The Hall–Kier alpha value is -0.220. The first kappa shape index (κ1) is 10.8. The molecule has 1 N–H and O–H groups in total. The number of rotatable bonds is 0. The molecular formula is C7H13NOS2. The molecule has 4 heteroatoms. The topological polar surface area (TPSA) is 21.3 Å². The maximum absolute atomic E-state index is 4.71. The highest BCUT2D eigenvalue weighted by molar-refractivity contribution is 7.81. The van der Waals surface area contributed by atoms with Crippen LogP contribution in [0.3, 0.4) is 0 Å². The van der Waals surface area contributed by atoms with E-state index in [9.17, 15) is 0 Å². The summed E-state index contributed by atoms with van der Waals surface area (Å²) in [5, 5.41) is 3.66. The molecule has 1 rings (SSSR count). The Morgan fingerprint density at radius 1 is 1.36 bits per heavy atom. The van der Waals surface area contributed by atoms with Gasteiger partial charge in [-0.25, -0.2) is 0 Å². The first-order chi connectivity index (χ1) is 5.02. The Kier molecular flexibility index (Phi) is 5.32. The Labute approximate surface area is 78.3 Å². The second-order valence-corrected chi connectivity index (χ2v) is 3.67. The monoisotopic (exact) mass is 191 g/mol. The van der Waals surface area contributed by atoms with Crippen molar-refractivity contribution in [2.75, 3.05) is 6.54 Å². The fraction of sp³-hybridized carbons (Fsp3) is 0.714. The van der Waals surface area contributed by atoms with Gasteiger partial charge in [0, 0.05) is 0 Å². The lowest BCUT2D eigenvalue weighted by molar-refractivity contribution is 0.584. The van der Waals surface area contributed by atoms with E-state index in [4.69, 9.17) is 4.74 Å². The average Bonchev–Trinajstić information content (AvgIpc) is 2.13. The molecule has 1 heterocycles. The van der Waals surface area contributed by atoms with Crippen LogP contribution in [0.4, 0.5) is 0 Å². The summed E-state index contributed by atoms with van der Waals surface area (Å²) in [6, 6.07) is 0. The fourth-order valence-electron chi connectivity index (χ4n) is 0.320. The Bertz CT molecular complexity index is 140. The predicted molar refractivity (Wildman–Crippen MR) is 54.8 cm³/mol. The molecule has 0 spiro atoms. The third-order valence-corrected chi connectivity index (χ3v) is 1.04. The zero-order valence-electron chi connectivity index (χ0n) is 7.01. The molecule has 0 saturated carbocycles. The molecule has 0 aliphatic carbocycles. The molecule has 1 aliphatic heterocycles. The lowest BCUT2D eigenvalue weighted by Crippen LogP contribution is -2.11. The van der Waals surface area contributed by atoms with Gasteiger partial charge in [0.1, 0.15) is 0 Å². The van der Waals surface area contributed by atoms with Crippen LogP contribution in [0.5, 0.6) is 0 Å². The number of hydrogen-bond donors (Lipinski definition) is 1. The molecule has 11 heavy (non-hydrogen) atoms. The van der Waals surface area contributed by atoms with Gasteiger partial charge in [0.25, 0.3) is 5.17 Å². The minimum Gasteiger partial charge on any atom is -0.423 e. The van der Waals surface area contributed by atoms with Crippen molar-refractivity contribution in [3.05, 3.63) is 0 Å². The Morgan fingerprint density at radius 3 is 1.91 bits per heavy atom. The highest BCUT2D eigenvalue weighted by Crippen LogP contribution is 1.90. The van der Waals surface area contributed by atoms with Crippen molar-refractivity contribution in [3.8, 4) is 0 Å². The van der Waals surface area contributed by atoms with Gasteiger partial charge < -0.3 is 10.1 Å². The van der Waals surface area contributed by atoms with Gasteiger partial charge in [0.05, 0.1) is 6.54 Å². The number of hydrogen-bond acceptors (Lipinski definition) is 3. The third-order valence-electron chi connectivity index (χ3n) is 0.584. The molecule has 0 aromatic rings. The summed E-state index contributed by atoms with van der Waals surface area (Å²) in [6.45, 7) is 7.09. The van der Waals surface area contributed by atoms with E-state index < -0.39 is 0 Å². The van der Waals surface area contributed by atoms with Gasteiger partial charge in [-0.2, -0.15) is 0 Å². The van der Waals surface area contributed by atoms with Crippen LogP contribution in [-0.4, -0.2) is 16.8 Å². The van der Waals surface area contributed by atoms with Crippen LogP contribution in [0.1, 0.15) is 20.8 Å². The summed E-state index contributed by atoms with van der Waals surface area (Å²) >= 11 is 9.20. The van der Waals surface area contributed by atoms with Crippen LogP contribution < -0.4 is 5.32 Å². The largest absolute Gasteiger partial charge is 0.423 e. The zero-order valence-corrected chi connectivity index (χ0v) is 8.64. The summed E-state index contributed by atoms with van der Waals surface area (Å²) in [5.74, 6) is 0.833. The van der Waals surface area contributed by atoms with Crippen molar-refractivity contribution in [1.29, 1.82) is 0 Å². The quantitative estimate of drug-likeness (QED) is 0.590. The number of nitrogens with one attached hydrogen (secondary N) is 1. The molecule has 64 valence electrons. The molecular weight excluding hydrogens is 178 g/mol. The average molecular weight is 191 g/mol.